The van der Waals surface area contributed by atoms with Gasteiger partial charge in [-0.2, -0.15) is 0 Å². The molecule has 3 heteroatoms. The summed E-state index contributed by atoms with van der Waals surface area (Å²) in [6.07, 6.45) is 1.17. The molecule has 1 rings (SSSR count). The maximum Gasteiger partial charge on any atom is 0.0220 e. The molecule has 0 aliphatic heterocycles. The zero-order valence-corrected chi connectivity index (χ0v) is 10.9. The van der Waals surface area contributed by atoms with Crippen molar-refractivity contribution in [3.63, 3.8) is 0 Å². The molecule has 0 aliphatic carbocycles. The van der Waals surface area contributed by atoms with Gasteiger partial charge in [-0.15, -0.1) is 0 Å². The molecule has 0 fully saturated rings. The minimum Gasteiger partial charge on any atom is -1.00 e. The topological polar surface area (TPSA) is 12.0 Å². The van der Waals surface area contributed by atoms with Crippen molar-refractivity contribution in [2.24, 2.45) is 0 Å². The first-order valence-corrected chi connectivity index (χ1v) is 5.50. The van der Waals surface area contributed by atoms with Crippen molar-refractivity contribution in [3.8, 4) is 0 Å². The zero-order valence-electron chi connectivity index (χ0n) is 8.56. The maximum absolute atomic E-state index is 3.53. The van der Waals surface area contributed by atoms with E-state index in [1.165, 1.54) is 16.5 Å². The van der Waals surface area contributed by atoms with E-state index in [-0.39, 0.29) is 12.4 Å². The molecule has 1 aromatic rings. The van der Waals surface area contributed by atoms with Crippen molar-refractivity contribution in [1.82, 2.24) is 5.32 Å². The van der Waals surface area contributed by atoms with Crippen LogP contribution in [-0.4, -0.2) is 6.04 Å². The first-order chi connectivity index (χ1) is 6.24. The predicted octanol–water partition coefficient (Wildman–Crippen LogP) is 0.341. The van der Waals surface area contributed by atoms with Gasteiger partial charge in [-0.05, 0) is 25.0 Å². The quantitative estimate of drug-likeness (QED) is 0.837. The summed E-state index contributed by atoms with van der Waals surface area (Å²) in [5.41, 5.74) is 1.32. The third-order valence-corrected chi connectivity index (χ3v) is 2.98. The molecule has 0 saturated heterocycles. The predicted molar refractivity (Wildman–Crippen MR) is 60.7 cm³/mol. The van der Waals surface area contributed by atoms with E-state index < -0.39 is 0 Å². The lowest BCUT2D eigenvalue weighted by Crippen LogP contribution is -3.00. The minimum atomic E-state index is 0. The van der Waals surface area contributed by atoms with Gasteiger partial charge in [0.2, 0.25) is 0 Å². The second-order valence-electron chi connectivity index (χ2n) is 3.28. The highest BCUT2D eigenvalue weighted by Gasteiger charge is 2.00. The molecule has 1 atom stereocenters. The summed E-state index contributed by atoms with van der Waals surface area (Å²) in [7, 11) is 0. The summed E-state index contributed by atoms with van der Waals surface area (Å²) in [5.74, 6) is 0. The van der Waals surface area contributed by atoms with Gasteiger partial charge >= 0.3 is 0 Å². The van der Waals surface area contributed by atoms with Gasteiger partial charge in [0.15, 0.2) is 0 Å². The van der Waals surface area contributed by atoms with E-state index >= 15 is 0 Å². The van der Waals surface area contributed by atoms with E-state index in [2.05, 4.69) is 53.3 Å². The van der Waals surface area contributed by atoms with E-state index in [0.29, 0.717) is 6.04 Å². The van der Waals surface area contributed by atoms with E-state index in [1.54, 1.807) is 0 Å². The molecule has 0 bridgehead atoms. The lowest BCUT2D eigenvalue weighted by atomic mass is 10.2. The Morgan fingerprint density at radius 2 is 2.00 bits per heavy atom. The Balaban J connectivity index is 0.00000169. The van der Waals surface area contributed by atoms with Crippen LogP contribution < -0.4 is 17.7 Å². The third kappa shape index (κ3) is 4.45. The van der Waals surface area contributed by atoms with Crippen LogP contribution in [0.1, 0.15) is 25.8 Å². The highest BCUT2D eigenvalue weighted by atomic mass is 79.9. The first-order valence-electron chi connectivity index (χ1n) is 4.70. The summed E-state index contributed by atoms with van der Waals surface area (Å²) >= 11 is 3.53. The van der Waals surface area contributed by atoms with E-state index in [4.69, 9.17) is 0 Å². The van der Waals surface area contributed by atoms with Crippen LogP contribution in [0.25, 0.3) is 0 Å². The second-order valence-corrected chi connectivity index (χ2v) is 4.14. The van der Waals surface area contributed by atoms with Gasteiger partial charge in [-0.1, -0.05) is 41.1 Å². The zero-order chi connectivity index (χ0) is 9.68. The lowest BCUT2D eigenvalue weighted by molar-refractivity contribution is -0.00000277. The minimum absolute atomic E-state index is 0. The SMILES string of the molecule is CCC(C)NCc1ccccc1Br.[Cl-]. The molecule has 1 unspecified atom stereocenters. The first kappa shape index (κ1) is 13.9. The molecule has 0 radical (unpaired) electrons. The number of hydrogen-bond acceptors (Lipinski definition) is 1. The fourth-order valence-electron chi connectivity index (χ4n) is 1.07. The molecule has 0 aromatic heterocycles. The van der Waals surface area contributed by atoms with Crippen LogP contribution in [0.2, 0.25) is 0 Å². The summed E-state index contributed by atoms with van der Waals surface area (Å²) < 4.78 is 1.19. The Morgan fingerprint density at radius 1 is 1.36 bits per heavy atom. The third-order valence-electron chi connectivity index (χ3n) is 2.21. The molecule has 80 valence electrons. The summed E-state index contributed by atoms with van der Waals surface area (Å²) in [4.78, 5) is 0. The fourth-order valence-corrected chi connectivity index (χ4v) is 1.50. The van der Waals surface area contributed by atoms with E-state index in [9.17, 15) is 0 Å². The smallest absolute Gasteiger partial charge is 0.0220 e. The van der Waals surface area contributed by atoms with Crippen LogP contribution in [0.3, 0.4) is 0 Å². The van der Waals surface area contributed by atoms with Gasteiger partial charge < -0.3 is 17.7 Å². The van der Waals surface area contributed by atoms with Gasteiger partial charge in [0.25, 0.3) is 0 Å². The van der Waals surface area contributed by atoms with Crippen molar-refractivity contribution < 1.29 is 12.4 Å². The molecule has 14 heavy (non-hydrogen) atoms. The van der Waals surface area contributed by atoms with Crippen molar-refractivity contribution in [2.45, 2.75) is 32.9 Å². The molecule has 1 nitrogen and oxygen atoms in total. The number of halogens is 2. The van der Waals surface area contributed by atoms with Crippen LogP contribution in [0.15, 0.2) is 28.7 Å². The maximum atomic E-state index is 3.53. The fraction of sp³-hybridized carbons (Fsp3) is 0.455. The molecule has 1 N–H and O–H groups in total. The largest absolute Gasteiger partial charge is 1.00 e. The standard InChI is InChI=1S/C11H16BrN.ClH/c1-3-9(2)13-8-10-6-4-5-7-11(10)12;/h4-7,9,13H,3,8H2,1-2H3;1H/p-1. The van der Waals surface area contributed by atoms with Crippen molar-refractivity contribution in [2.75, 3.05) is 0 Å². The second kappa shape index (κ2) is 7.27. The van der Waals surface area contributed by atoms with Gasteiger partial charge in [0, 0.05) is 17.1 Å². The van der Waals surface area contributed by atoms with Crippen molar-refractivity contribution in [3.05, 3.63) is 34.3 Å². The average molecular weight is 278 g/mol. The summed E-state index contributed by atoms with van der Waals surface area (Å²) in [6.45, 7) is 5.34. The molecular formula is C11H16BrClN-. The van der Waals surface area contributed by atoms with Gasteiger partial charge in [-0.25, -0.2) is 0 Å². The Labute approximate surface area is 101 Å². The summed E-state index contributed by atoms with van der Waals surface area (Å²) in [5, 5.41) is 3.46. The van der Waals surface area contributed by atoms with E-state index in [0.717, 1.165) is 6.54 Å². The Bertz CT molecular complexity index is 265. The highest BCUT2D eigenvalue weighted by molar-refractivity contribution is 9.10. The van der Waals surface area contributed by atoms with Crippen LogP contribution in [0, 0.1) is 0 Å². The molecule has 1 aromatic carbocycles. The highest BCUT2D eigenvalue weighted by Crippen LogP contribution is 2.15. The molecule has 0 aliphatic rings. The van der Waals surface area contributed by atoms with Crippen molar-refractivity contribution in [1.29, 1.82) is 0 Å². The molecule has 0 amide bonds. The monoisotopic (exact) mass is 276 g/mol. The van der Waals surface area contributed by atoms with Gasteiger partial charge in [0.1, 0.15) is 0 Å². The number of nitrogens with one attached hydrogen (secondary N) is 1. The van der Waals surface area contributed by atoms with E-state index in [1.807, 2.05) is 6.07 Å². The van der Waals surface area contributed by atoms with Crippen LogP contribution >= 0.6 is 15.9 Å². The normalized spacial score (nSPS) is 11.9. The summed E-state index contributed by atoms with van der Waals surface area (Å²) in [6, 6.07) is 8.91. The molecular weight excluding hydrogens is 261 g/mol. The Kier molecular flexibility index (Phi) is 7.24. The average Bonchev–Trinajstić information content (AvgIpc) is 2.16. The van der Waals surface area contributed by atoms with Crippen molar-refractivity contribution >= 4 is 15.9 Å². The van der Waals surface area contributed by atoms with Crippen LogP contribution in [0.5, 0.6) is 0 Å². The number of rotatable bonds is 4. The van der Waals surface area contributed by atoms with Gasteiger partial charge in [-0.3, -0.25) is 0 Å². The molecule has 0 saturated carbocycles. The number of benzene rings is 1. The van der Waals surface area contributed by atoms with Gasteiger partial charge in [0.05, 0.1) is 0 Å². The Morgan fingerprint density at radius 3 is 2.57 bits per heavy atom. The lowest BCUT2D eigenvalue weighted by Gasteiger charge is -2.11. The number of hydrogen-bond donors (Lipinski definition) is 1. The molecule has 0 spiro atoms. The van der Waals surface area contributed by atoms with Crippen LogP contribution in [-0.2, 0) is 6.54 Å². The molecule has 0 heterocycles. The Hall–Kier alpha value is -0.0500. The van der Waals surface area contributed by atoms with Crippen LogP contribution in [0.4, 0.5) is 0 Å².